The van der Waals surface area contributed by atoms with Crippen LogP contribution in [0.2, 0.25) is 0 Å². The molecule has 0 amide bonds. The molecule has 0 spiro atoms. The van der Waals surface area contributed by atoms with Crippen molar-refractivity contribution >= 4 is 37.9 Å². The zero-order valence-corrected chi connectivity index (χ0v) is 12.0. The second kappa shape index (κ2) is 5.57. The molecule has 0 aliphatic carbocycles. The maximum absolute atomic E-state index is 14.0. The summed E-state index contributed by atoms with van der Waals surface area (Å²) < 4.78 is 40.4. The molecule has 1 aromatic heterocycles. The van der Waals surface area contributed by atoms with Gasteiger partial charge in [-0.3, -0.25) is 14.8 Å². The van der Waals surface area contributed by atoms with Crippen molar-refractivity contribution in [1.82, 2.24) is 10.2 Å². The third kappa shape index (κ3) is 3.05. The fourth-order valence-corrected chi connectivity index (χ4v) is 3.48. The molecule has 2 N–H and O–H groups in total. The molecule has 0 bridgehead atoms. The van der Waals surface area contributed by atoms with E-state index in [0.717, 1.165) is 17.4 Å². The Kier molecular flexibility index (Phi) is 3.99. The minimum absolute atomic E-state index is 0.0465. The summed E-state index contributed by atoms with van der Waals surface area (Å²) in [6.07, 6.45) is 0. The molecule has 1 aromatic carbocycles. The van der Waals surface area contributed by atoms with Crippen molar-refractivity contribution in [2.24, 2.45) is 0 Å². The van der Waals surface area contributed by atoms with Crippen LogP contribution in [-0.2, 0) is 10.0 Å². The molecular formula is C9H8FN5O4S2. The number of benzene rings is 1. The zero-order valence-electron chi connectivity index (χ0n) is 10.4. The molecule has 0 fully saturated rings. The number of nitro benzene ring substituents is 1. The van der Waals surface area contributed by atoms with Crippen LogP contribution >= 0.6 is 11.3 Å². The Hall–Kier alpha value is -2.34. The number of aromatic nitrogens is 2. The van der Waals surface area contributed by atoms with E-state index in [9.17, 15) is 22.9 Å². The van der Waals surface area contributed by atoms with Gasteiger partial charge in [0.2, 0.25) is 5.13 Å². The Balaban J connectivity index is 2.54. The second-order valence-electron chi connectivity index (χ2n) is 3.66. The van der Waals surface area contributed by atoms with Gasteiger partial charge in [-0.15, -0.1) is 10.2 Å². The number of hydrogen-bond acceptors (Lipinski definition) is 8. The van der Waals surface area contributed by atoms with E-state index >= 15 is 0 Å². The Morgan fingerprint density at radius 2 is 2.14 bits per heavy atom. The summed E-state index contributed by atoms with van der Waals surface area (Å²) in [5.74, 6) is -1.24. The van der Waals surface area contributed by atoms with Gasteiger partial charge in [-0.05, 0) is 0 Å². The van der Waals surface area contributed by atoms with E-state index in [4.69, 9.17) is 0 Å². The summed E-state index contributed by atoms with van der Waals surface area (Å²) >= 11 is 0.908. The van der Waals surface area contributed by atoms with Gasteiger partial charge < -0.3 is 5.32 Å². The first-order chi connectivity index (χ1) is 9.85. The van der Waals surface area contributed by atoms with Gasteiger partial charge >= 0.3 is 0 Å². The van der Waals surface area contributed by atoms with Gasteiger partial charge in [0.25, 0.3) is 15.7 Å². The lowest BCUT2D eigenvalue weighted by atomic mass is 10.2. The molecule has 0 aliphatic heterocycles. The average Bonchev–Trinajstić information content (AvgIpc) is 2.89. The first-order valence-corrected chi connectivity index (χ1v) is 7.66. The predicted molar refractivity (Wildman–Crippen MR) is 73.3 cm³/mol. The number of sulfonamides is 1. The highest BCUT2D eigenvalue weighted by atomic mass is 32.2. The normalized spacial score (nSPS) is 11.1. The molecule has 0 aliphatic rings. The smallest absolute Gasteiger partial charge is 0.274 e. The topological polar surface area (TPSA) is 127 Å². The first-order valence-electron chi connectivity index (χ1n) is 5.30. The van der Waals surface area contributed by atoms with Crippen LogP contribution < -0.4 is 10.0 Å². The summed E-state index contributed by atoms with van der Waals surface area (Å²) in [6, 6.07) is 1.47. The van der Waals surface area contributed by atoms with Crippen molar-refractivity contribution in [3.8, 4) is 0 Å². The molecule has 9 nitrogen and oxygen atoms in total. The van der Waals surface area contributed by atoms with E-state index in [0.29, 0.717) is 6.07 Å². The predicted octanol–water partition coefficient (Wildman–Crippen LogP) is 1.43. The van der Waals surface area contributed by atoms with Gasteiger partial charge in [0.05, 0.1) is 16.7 Å². The summed E-state index contributed by atoms with van der Waals surface area (Å²) in [5, 5.41) is 20.0. The molecule has 0 radical (unpaired) electrons. The molecule has 2 rings (SSSR count). The lowest BCUT2D eigenvalue weighted by Crippen LogP contribution is -2.17. The molecule has 0 unspecified atom stereocenters. The van der Waals surface area contributed by atoms with E-state index in [-0.39, 0.29) is 10.8 Å². The minimum atomic E-state index is -4.30. The van der Waals surface area contributed by atoms with E-state index in [2.05, 4.69) is 15.5 Å². The summed E-state index contributed by atoms with van der Waals surface area (Å²) in [6.45, 7) is 0. The zero-order chi connectivity index (χ0) is 15.6. The van der Waals surface area contributed by atoms with Gasteiger partial charge in [-0.2, -0.15) is 0 Å². The molecule has 112 valence electrons. The SMILES string of the molecule is CNc1cc([N+](=O)[O-])cc(F)c1S(=O)(=O)Nc1nncs1. The fraction of sp³-hybridized carbons (Fsp3) is 0.111. The van der Waals surface area contributed by atoms with Crippen LogP contribution in [-0.4, -0.2) is 30.6 Å². The molecule has 21 heavy (non-hydrogen) atoms. The summed E-state index contributed by atoms with van der Waals surface area (Å²) in [7, 11) is -2.98. The molecule has 1 heterocycles. The van der Waals surface area contributed by atoms with Gasteiger partial charge in [0.15, 0.2) is 5.82 Å². The maximum Gasteiger partial charge on any atom is 0.274 e. The third-order valence-electron chi connectivity index (χ3n) is 2.36. The number of halogens is 1. The maximum atomic E-state index is 14.0. The number of nitrogens with zero attached hydrogens (tertiary/aromatic N) is 3. The number of rotatable bonds is 5. The van der Waals surface area contributed by atoms with Crippen LogP contribution in [0.4, 0.5) is 20.9 Å². The highest BCUT2D eigenvalue weighted by molar-refractivity contribution is 7.93. The van der Waals surface area contributed by atoms with Crippen LogP contribution in [0.15, 0.2) is 22.5 Å². The number of hydrogen-bond donors (Lipinski definition) is 2. The monoisotopic (exact) mass is 333 g/mol. The van der Waals surface area contributed by atoms with Crippen LogP contribution in [0.1, 0.15) is 0 Å². The minimum Gasteiger partial charge on any atom is -0.387 e. The van der Waals surface area contributed by atoms with Gasteiger partial charge in [-0.25, -0.2) is 12.8 Å². The molecule has 12 heteroatoms. The summed E-state index contributed by atoms with van der Waals surface area (Å²) in [4.78, 5) is 9.12. The van der Waals surface area contributed by atoms with Crippen LogP contribution in [0.3, 0.4) is 0 Å². The van der Waals surface area contributed by atoms with Crippen LogP contribution in [0.25, 0.3) is 0 Å². The van der Waals surface area contributed by atoms with Gasteiger partial charge in [0, 0.05) is 13.1 Å². The standard InChI is InChI=1S/C9H8FN5O4S2/c1-11-7-3-5(15(16)17)2-6(10)8(7)21(18,19)14-9-13-12-4-20-9/h2-4,11H,1H3,(H,13,14). The van der Waals surface area contributed by atoms with E-state index in [1.54, 1.807) is 0 Å². The largest absolute Gasteiger partial charge is 0.387 e. The van der Waals surface area contributed by atoms with Crippen molar-refractivity contribution in [3.63, 3.8) is 0 Å². The highest BCUT2D eigenvalue weighted by Gasteiger charge is 2.27. The van der Waals surface area contributed by atoms with Gasteiger partial charge in [-0.1, -0.05) is 11.3 Å². The first kappa shape index (κ1) is 15.1. The molecule has 0 saturated carbocycles. The quantitative estimate of drug-likeness (QED) is 0.625. The molecule has 0 atom stereocenters. The lowest BCUT2D eigenvalue weighted by Gasteiger charge is -2.11. The summed E-state index contributed by atoms with van der Waals surface area (Å²) in [5.41, 5.74) is 0.494. The number of anilines is 2. The fourth-order valence-electron chi connectivity index (χ4n) is 1.53. The Morgan fingerprint density at radius 3 is 2.67 bits per heavy atom. The second-order valence-corrected chi connectivity index (χ2v) is 6.11. The van der Waals surface area contributed by atoms with Crippen LogP contribution in [0, 0.1) is 15.9 Å². The van der Waals surface area contributed by atoms with Crippen LogP contribution in [0.5, 0.6) is 0 Å². The van der Waals surface area contributed by atoms with Crippen molar-refractivity contribution in [2.45, 2.75) is 4.90 Å². The third-order valence-corrected chi connectivity index (χ3v) is 4.51. The highest BCUT2D eigenvalue weighted by Crippen LogP contribution is 2.30. The lowest BCUT2D eigenvalue weighted by molar-refractivity contribution is -0.385. The van der Waals surface area contributed by atoms with Crippen molar-refractivity contribution in [3.05, 3.63) is 33.6 Å². The Morgan fingerprint density at radius 1 is 1.43 bits per heavy atom. The van der Waals surface area contributed by atoms with E-state index in [1.807, 2.05) is 4.72 Å². The Bertz CT molecular complexity index is 778. The van der Waals surface area contributed by atoms with E-state index < -0.39 is 31.3 Å². The van der Waals surface area contributed by atoms with Gasteiger partial charge in [0.1, 0.15) is 10.4 Å². The van der Waals surface area contributed by atoms with Crippen molar-refractivity contribution < 1.29 is 17.7 Å². The molecule has 2 aromatic rings. The van der Waals surface area contributed by atoms with Crippen molar-refractivity contribution in [1.29, 1.82) is 0 Å². The van der Waals surface area contributed by atoms with E-state index in [1.165, 1.54) is 12.6 Å². The molecular weight excluding hydrogens is 325 g/mol. The number of nitro groups is 1. The number of nitrogens with one attached hydrogen (secondary N) is 2. The molecule has 0 saturated heterocycles. The van der Waals surface area contributed by atoms with Crippen molar-refractivity contribution in [2.75, 3.05) is 17.1 Å². The Labute approximate surface area is 122 Å². The number of non-ortho nitro benzene ring substituents is 1. The average molecular weight is 333 g/mol.